The SMILES string of the molecule is Cc1cc(C)nc(Nc2noc(CSCC(=O)Nc3ccccc3C)n2)n1. The van der Waals surface area contributed by atoms with Gasteiger partial charge in [0.1, 0.15) is 0 Å². The molecule has 0 saturated heterocycles. The zero-order chi connectivity index (χ0) is 19.2. The van der Waals surface area contributed by atoms with Crippen molar-refractivity contribution in [3.8, 4) is 0 Å². The molecule has 0 saturated carbocycles. The zero-order valence-corrected chi connectivity index (χ0v) is 16.1. The largest absolute Gasteiger partial charge is 0.336 e. The molecule has 2 aromatic heterocycles. The van der Waals surface area contributed by atoms with Gasteiger partial charge in [-0.2, -0.15) is 4.98 Å². The van der Waals surface area contributed by atoms with Crippen molar-refractivity contribution < 1.29 is 9.32 Å². The summed E-state index contributed by atoms with van der Waals surface area (Å²) in [6.45, 7) is 5.73. The minimum Gasteiger partial charge on any atom is -0.336 e. The van der Waals surface area contributed by atoms with Crippen LogP contribution in [0, 0.1) is 20.8 Å². The van der Waals surface area contributed by atoms with E-state index in [1.165, 1.54) is 11.8 Å². The molecule has 8 nitrogen and oxygen atoms in total. The van der Waals surface area contributed by atoms with Crippen LogP contribution in [0.25, 0.3) is 0 Å². The molecule has 0 bridgehead atoms. The number of aromatic nitrogens is 4. The molecule has 2 N–H and O–H groups in total. The summed E-state index contributed by atoms with van der Waals surface area (Å²) in [4.78, 5) is 24.8. The predicted octanol–water partition coefficient (Wildman–Crippen LogP) is 3.40. The van der Waals surface area contributed by atoms with Crippen molar-refractivity contribution in [1.29, 1.82) is 0 Å². The summed E-state index contributed by atoms with van der Waals surface area (Å²) in [5.41, 5.74) is 3.55. The van der Waals surface area contributed by atoms with E-state index in [-0.39, 0.29) is 5.91 Å². The fourth-order valence-electron chi connectivity index (χ4n) is 2.38. The number of rotatable bonds is 7. The number of nitrogens with zero attached hydrogens (tertiary/aromatic N) is 4. The Balaban J connectivity index is 1.48. The Labute approximate surface area is 161 Å². The number of carbonyl (C=O) groups is 1. The first-order valence-corrected chi connectivity index (χ1v) is 9.50. The lowest BCUT2D eigenvalue weighted by Crippen LogP contribution is -2.14. The summed E-state index contributed by atoms with van der Waals surface area (Å²) in [5, 5.41) is 9.66. The average molecular weight is 384 g/mol. The Morgan fingerprint density at radius 1 is 1.07 bits per heavy atom. The van der Waals surface area contributed by atoms with Crippen LogP contribution in [0.4, 0.5) is 17.6 Å². The van der Waals surface area contributed by atoms with Crippen LogP contribution in [0.2, 0.25) is 0 Å². The minimum absolute atomic E-state index is 0.0733. The minimum atomic E-state index is -0.0733. The highest BCUT2D eigenvalue weighted by Gasteiger charge is 2.10. The van der Waals surface area contributed by atoms with E-state index in [2.05, 4.69) is 30.7 Å². The second-order valence-electron chi connectivity index (χ2n) is 5.97. The maximum atomic E-state index is 12.0. The first kappa shape index (κ1) is 18.8. The van der Waals surface area contributed by atoms with E-state index in [1.807, 2.05) is 51.1 Å². The number of anilines is 3. The lowest BCUT2D eigenvalue weighted by molar-refractivity contribution is -0.113. The van der Waals surface area contributed by atoms with Crippen molar-refractivity contribution in [3.63, 3.8) is 0 Å². The Hall–Kier alpha value is -2.94. The molecule has 1 amide bonds. The van der Waals surface area contributed by atoms with Crippen LogP contribution in [0.3, 0.4) is 0 Å². The van der Waals surface area contributed by atoms with Crippen molar-refractivity contribution in [2.75, 3.05) is 16.4 Å². The molecule has 0 spiro atoms. The van der Waals surface area contributed by atoms with Gasteiger partial charge in [0, 0.05) is 17.1 Å². The molecule has 0 radical (unpaired) electrons. The Kier molecular flexibility index (Phi) is 6.02. The summed E-state index contributed by atoms with van der Waals surface area (Å²) >= 11 is 1.40. The number of benzene rings is 1. The van der Waals surface area contributed by atoms with E-state index in [0.717, 1.165) is 22.6 Å². The first-order valence-electron chi connectivity index (χ1n) is 8.35. The van der Waals surface area contributed by atoms with Gasteiger partial charge >= 0.3 is 0 Å². The average Bonchev–Trinajstić information content (AvgIpc) is 3.03. The smallest absolute Gasteiger partial charge is 0.270 e. The van der Waals surface area contributed by atoms with Crippen molar-refractivity contribution in [3.05, 3.63) is 53.2 Å². The highest BCUT2D eigenvalue weighted by Crippen LogP contribution is 2.17. The van der Waals surface area contributed by atoms with Gasteiger partial charge in [0.05, 0.1) is 11.5 Å². The molecule has 2 heterocycles. The van der Waals surface area contributed by atoms with Gasteiger partial charge in [-0.15, -0.1) is 11.8 Å². The fourth-order valence-corrected chi connectivity index (χ4v) is 3.03. The van der Waals surface area contributed by atoms with E-state index in [0.29, 0.717) is 29.3 Å². The monoisotopic (exact) mass is 384 g/mol. The van der Waals surface area contributed by atoms with Crippen LogP contribution in [0.5, 0.6) is 0 Å². The lowest BCUT2D eigenvalue weighted by Gasteiger charge is -2.07. The number of carbonyl (C=O) groups excluding carboxylic acids is 1. The van der Waals surface area contributed by atoms with Gasteiger partial charge in [0.2, 0.25) is 17.7 Å². The van der Waals surface area contributed by atoms with Gasteiger partial charge in [-0.05, 0) is 43.6 Å². The van der Waals surface area contributed by atoms with Gasteiger partial charge < -0.3 is 9.84 Å². The highest BCUT2D eigenvalue weighted by atomic mass is 32.2. The van der Waals surface area contributed by atoms with Crippen LogP contribution < -0.4 is 10.6 Å². The maximum Gasteiger partial charge on any atom is 0.270 e. The predicted molar refractivity (Wildman–Crippen MR) is 105 cm³/mol. The lowest BCUT2D eigenvalue weighted by atomic mass is 10.2. The fraction of sp³-hybridized carbons (Fsp3) is 0.278. The quantitative estimate of drug-likeness (QED) is 0.638. The number of thioether (sulfide) groups is 1. The standard InChI is InChI=1S/C18H20N6O2S/c1-11-6-4-5-7-14(11)21-15(25)9-27-10-16-22-18(24-26-16)23-17-19-12(2)8-13(3)20-17/h4-8H,9-10H2,1-3H3,(H,21,25)(H,19,20,23,24). The number of aryl methyl sites for hydroxylation is 3. The molecule has 0 aliphatic rings. The summed E-state index contributed by atoms with van der Waals surface area (Å²) < 4.78 is 5.18. The molecule has 27 heavy (non-hydrogen) atoms. The molecule has 0 atom stereocenters. The van der Waals surface area contributed by atoms with E-state index in [1.54, 1.807) is 0 Å². The molecule has 3 aromatic rings. The Morgan fingerprint density at radius 3 is 2.56 bits per heavy atom. The topological polar surface area (TPSA) is 106 Å². The Bertz CT molecular complexity index is 923. The van der Waals surface area contributed by atoms with Gasteiger partial charge in [0.25, 0.3) is 5.95 Å². The van der Waals surface area contributed by atoms with Crippen LogP contribution in [0.1, 0.15) is 22.8 Å². The molecule has 1 aromatic carbocycles. The third-order valence-electron chi connectivity index (χ3n) is 3.55. The maximum absolute atomic E-state index is 12.0. The van der Waals surface area contributed by atoms with Gasteiger partial charge in [-0.1, -0.05) is 18.2 Å². The number of nitrogens with one attached hydrogen (secondary N) is 2. The summed E-state index contributed by atoms with van der Waals surface area (Å²) in [6, 6.07) is 9.54. The van der Waals surface area contributed by atoms with Crippen LogP contribution in [0.15, 0.2) is 34.9 Å². The second-order valence-corrected chi connectivity index (χ2v) is 6.95. The molecular weight excluding hydrogens is 364 g/mol. The number of amides is 1. The van der Waals surface area contributed by atoms with Crippen LogP contribution in [-0.4, -0.2) is 31.8 Å². The van der Waals surface area contributed by atoms with E-state index >= 15 is 0 Å². The van der Waals surface area contributed by atoms with Crippen molar-refractivity contribution >= 4 is 35.3 Å². The van der Waals surface area contributed by atoms with E-state index < -0.39 is 0 Å². The number of hydrogen-bond donors (Lipinski definition) is 2. The highest BCUT2D eigenvalue weighted by molar-refractivity contribution is 7.99. The molecular formula is C18H20N6O2S. The third-order valence-corrected chi connectivity index (χ3v) is 4.47. The van der Waals surface area contributed by atoms with Gasteiger partial charge in [0.15, 0.2) is 0 Å². The van der Waals surface area contributed by atoms with Crippen molar-refractivity contribution in [1.82, 2.24) is 20.1 Å². The van der Waals surface area contributed by atoms with Crippen LogP contribution >= 0.6 is 11.8 Å². The zero-order valence-electron chi connectivity index (χ0n) is 15.3. The Morgan fingerprint density at radius 2 is 1.81 bits per heavy atom. The van der Waals surface area contributed by atoms with Crippen molar-refractivity contribution in [2.24, 2.45) is 0 Å². The van der Waals surface area contributed by atoms with Gasteiger partial charge in [-0.3, -0.25) is 10.1 Å². The summed E-state index contributed by atoms with van der Waals surface area (Å²) in [5.74, 6) is 1.79. The van der Waals surface area contributed by atoms with Crippen LogP contribution in [-0.2, 0) is 10.5 Å². The molecule has 9 heteroatoms. The number of para-hydroxylation sites is 1. The first-order chi connectivity index (χ1) is 13.0. The van der Waals surface area contributed by atoms with Gasteiger partial charge in [-0.25, -0.2) is 9.97 Å². The molecule has 3 rings (SSSR count). The summed E-state index contributed by atoms with van der Waals surface area (Å²) in [7, 11) is 0. The van der Waals surface area contributed by atoms with E-state index in [4.69, 9.17) is 4.52 Å². The summed E-state index contributed by atoms with van der Waals surface area (Å²) in [6.07, 6.45) is 0. The van der Waals surface area contributed by atoms with Crippen molar-refractivity contribution in [2.45, 2.75) is 26.5 Å². The normalized spacial score (nSPS) is 10.6. The third kappa shape index (κ3) is 5.52. The molecule has 0 aliphatic carbocycles. The number of hydrogen-bond acceptors (Lipinski definition) is 8. The molecule has 0 fully saturated rings. The second kappa shape index (κ2) is 8.63. The molecule has 140 valence electrons. The van der Waals surface area contributed by atoms with E-state index in [9.17, 15) is 4.79 Å². The molecule has 0 unspecified atom stereocenters. The molecule has 0 aliphatic heterocycles.